The first kappa shape index (κ1) is 13.9. The zero-order valence-corrected chi connectivity index (χ0v) is 9.41. The van der Waals surface area contributed by atoms with Crippen LogP contribution in [0.15, 0.2) is 25.3 Å². The summed E-state index contributed by atoms with van der Waals surface area (Å²) in [5, 5.41) is 12.1. The van der Waals surface area contributed by atoms with Crippen molar-refractivity contribution in [2.24, 2.45) is 0 Å². The molecule has 0 heterocycles. The Morgan fingerprint density at radius 2 is 1.93 bits per heavy atom. The summed E-state index contributed by atoms with van der Waals surface area (Å²) in [6.45, 7) is 9.30. The number of carbonyl (C=O) groups is 1. The molecule has 0 aromatic rings. The average Bonchev–Trinajstić information content (AvgIpc) is 2.17. The fourth-order valence-corrected chi connectivity index (χ4v) is 1.49. The van der Waals surface area contributed by atoms with Gasteiger partial charge in [0.1, 0.15) is 6.04 Å². The fraction of sp³-hybridized carbons (Fsp3) is 0.583. The van der Waals surface area contributed by atoms with Crippen molar-refractivity contribution in [1.29, 1.82) is 0 Å². The second kappa shape index (κ2) is 8.24. The lowest BCUT2D eigenvalue weighted by molar-refractivity contribution is -0.139. The minimum atomic E-state index is -0.782. The van der Waals surface area contributed by atoms with Gasteiger partial charge in [-0.2, -0.15) is 0 Å². The van der Waals surface area contributed by atoms with Crippen LogP contribution in [0.4, 0.5) is 0 Å². The maximum absolute atomic E-state index is 10.9. The van der Waals surface area contributed by atoms with E-state index in [4.69, 9.17) is 5.11 Å². The molecular formula is C12H21NO2. The van der Waals surface area contributed by atoms with Gasteiger partial charge in [-0.3, -0.25) is 4.79 Å². The van der Waals surface area contributed by atoms with Crippen molar-refractivity contribution in [2.45, 2.75) is 44.7 Å². The molecule has 0 spiro atoms. The third-order valence-corrected chi connectivity index (χ3v) is 2.21. The topological polar surface area (TPSA) is 49.3 Å². The lowest BCUT2D eigenvalue weighted by Gasteiger charge is -2.21. The fourth-order valence-electron chi connectivity index (χ4n) is 1.49. The first-order valence-electron chi connectivity index (χ1n) is 5.36. The maximum Gasteiger partial charge on any atom is 0.320 e. The average molecular weight is 211 g/mol. The molecule has 3 nitrogen and oxygen atoms in total. The van der Waals surface area contributed by atoms with Crippen molar-refractivity contribution in [1.82, 2.24) is 5.32 Å². The first-order chi connectivity index (χ1) is 7.15. The third kappa shape index (κ3) is 6.07. The predicted octanol–water partition coefficient (Wildman–Crippen LogP) is 2.35. The van der Waals surface area contributed by atoms with Gasteiger partial charge >= 0.3 is 5.97 Å². The van der Waals surface area contributed by atoms with Crippen LogP contribution < -0.4 is 5.32 Å². The zero-order valence-electron chi connectivity index (χ0n) is 9.41. The molecular weight excluding hydrogens is 190 g/mol. The maximum atomic E-state index is 10.9. The molecule has 0 radical (unpaired) electrons. The predicted molar refractivity (Wildman–Crippen MR) is 62.9 cm³/mol. The van der Waals surface area contributed by atoms with Gasteiger partial charge in [-0.15, -0.1) is 13.2 Å². The molecule has 2 N–H and O–H groups in total. The summed E-state index contributed by atoms with van der Waals surface area (Å²) in [5.74, 6) is -0.782. The molecule has 0 saturated carbocycles. The van der Waals surface area contributed by atoms with Crippen molar-refractivity contribution < 1.29 is 9.90 Å². The van der Waals surface area contributed by atoms with E-state index in [1.54, 1.807) is 12.2 Å². The van der Waals surface area contributed by atoms with E-state index in [2.05, 4.69) is 18.5 Å². The van der Waals surface area contributed by atoms with Crippen LogP contribution in [-0.4, -0.2) is 23.2 Å². The number of carboxylic acid groups (broad SMARTS) is 1. The van der Waals surface area contributed by atoms with E-state index in [1.807, 2.05) is 6.92 Å². The van der Waals surface area contributed by atoms with Crippen LogP contribution in [0.3, 0.4) is 0 Å². The molecule has 1 unspecified atom stereocenters. The minimum Gasteiger partial charge on any atom is -0.480 e. The first-order valence-corrected chi connectivity index (χ1v) is 5.36. The number of hydrogen-bond donors (Lipinski definition) is 2. The summed E-state index contributed by atoms with van der Waals surface area (Å²) in [7, 11) is 0. The summed E-state index contributed by atoms with van der Waals surface area (Å²) >= 11 is 0. The monoisotopic (exact) mass is 211 g/mol. The summed E-state index contributed by atoms with van der Waals surface area (Å²) in [6, 6.07) is -0.326. The number of rotatable bonds is 9. The number of carboxylic acids is 1. The molecule has 1 atom stereocenters. The highest BCUT2D eigenvalue weighted by atomic mass is 16.4. The molecule has 0 aromatic heterocycles. The lowest BCUT2D eigenvalue weighted by Crippen LogP contribution is -2.42. The normalized spacial score (nSPS) is 12.4. The molecule has 86 valence electrons. The highest BCUT2D eigenvalue weighted by Crippen LogP contribution is 2.05. The summed E-state index contributed by atoms with van der Waals surface area (Å²) in [5.41, 5.74) is 0. The highest BCUT2D eigenvalue weighted by Gasteiger charge is 2.18. The van der Waals surface area contributed by atoms with E-state index >= 15 is 0 Å². The van der Waals surface area contributed by atoms with E-state index < -0.39 is 12.0 Å². The Morgan fingerprint density at radius 3 is 2.27 bits per heavy atom. The Labute approximate surface area is 91.9 Å². The van der Waals surface area contributed by atoms with Crippen LogP contribution in [0.5, 0.6) is 0 Å². The minimum absolute atomic E-state index is 0.132. The van der Waals surface area contributed by atoms with Crippen LogP contribution in [-0.2, 0) is 4.79 Å². The van der Waals surface area contributed by atoms with E-state index in [-0.39, 0.29) is 6.04 Å². The largest absolute Gasteiger partial charge is 0.480 e. The Hall–Kier alpha value is -1.09. The Bertz CT molecular complexity index is 204. The molecule has 0 aliphatic rings. The molecule has 0 amide bonds. The van der Waals surface area contributed by atoms with Gasteiger partial charge < -0.3 is 10.4 Å². The molecule has 0 aromatic carbocycles. The van der Waals surface area contributed by atoms with Gasteiger partial charge in [-0.05, 0) is 19.3 Å². The molecule has 0 bridgehead atoms. The number of nitrogens with one attached hydrogen (secondary N) is 1. The molecule has 0 fully saturated rings. The van der Waals surface area contributed by atoms with Gasteiger partial charge in [-0.1, -0.05) is 25.5 Å². The lowest BCUT2D eigenvalue weighted by atomic mass is 10.1. The van der Waals surface area contributed by atoms with Crippen molar-refractivity contribution in [3.05, 3.63) is 25.3 Å². The number of hydrogen-bond acceptors (Lipinski definition) is 2. The van der Waals surface area contributed by atoms with E-state index in [1.165, 1.54) is 0 Å². The summed E-state index contributed by atoms with van der Waals surface area (Å²) in [4.78, 5) is 10.9. The third-order valence-electron chi connectivity index (χ3n) is 2.21. The van der Waals surface area contributed by atoms with Crippen LogP contribution in [0, 0.1) is 0 Å². The van der Waals surface area contributed by atoms with Crippen molar-refractivity contribution in [3.8, 4) is 0 Å². The van der Waals surface area contributed by atoms with Crippen LogP contribution in [0.1, 0.15) is 32.6 Å². The highest BCUT2D eigenvalue weighted by molar-refractivity contribution is 5.73. The number of aliphatic carboxylic acids is 1. The zero-order chi connectivity index (χ0) is 11.7. The standard InChI is InChI=1S/C12H21NO2/c1-4-7-10(8-5-2)13-11(9-6-3)12(14)15/h4-5,10-11,13H,1-2,6-9H2,3H3,(H,14,15). The Morgan fingerprint density at radius 1 is 1.40 bits per heavy atom. The van der Waals surface area contributed by atoms with E-state index in [0.29, 0.717) is 6.42 Å². The van der Waals surface area contributed by atoms with Gasteiger partial charge in [-0.25, -0.2) is 0 Å². The van der Waals surface area contributed by atoms with Gasteiger partial charge in [0.25, 0.3) is 0 Å². The summed E-state index contributed by atoms with van der Waals surface area (Å²) < 4.78 is 0. The molecule has 15 heavy (non-hydrogen) atoms. The molecule has 0 rings (SSSR count). The smallest absolute Gasteiger partial charge is 0.320 e. The summed E-state index contributed by atoms with van der Waals surface area (Å²) in [6.07, 6.45) is 6.63. The van der Waals surface area contributed by atoms with Crippen LogP contribution >= 0.6 is 0 Å². The van der Waals surface area contributed by atoms with Crippen LogP contribution in [0.25, 0.3) is 0 Å². The van der Waals surface area contributed by atoms with Gasteiger partial charge in [0, 0.05) is 6.04 Å². The van der Waals surface area contributed by atoms with Gasteiger partial charge in [0.2, 0.25) is 0 Å². The van der Waals surface area contributed by atoms with Crippen molar-refractivity contribution in [2.75, 3.05) is 0 Å². The second-order valence-electron chi connectivity index (χ2n) is 3.59. The van der Waals surface area contributed by atoms with Gasteiger partial charge in [0.05, 0.1) is 0 Å². The molecule has 0 saturated heterocycles. The Balaban J connectivity index is 4.23. The molecule has 3 heteroatoms. The quantitative estimate of drug-likeness (QED) is 0.575. The second-order valence-corrected chi connectivity index (χ2v) is 3.59. The van der Waals surface area contributed by atoms with Gasteiger partial charge in [0.15, 0.2) is 0 Å². The van der Waals surface area contributed by atoms with E-state index in [9.17, 15) is 4.79 Å². The van der Waals surface area contributed by atoms with Crippen LogP contribution in [0.2, 0.25) is 0 Å². The Kier molecular flexibility index (Phi) is 7.64. The molecule has 0 aliphatic carbocycles. The molecule has 0 aliphatic heterocycles. The SMILES string of the molecule is C=CCC(CC=C)NC(CCC)C(=O)O. The van der Waals surface area contributed by atoms with E-state index in [0.717, 1.165) is 19.3 Å². The van der Waals surface area contributed by atoms with Crippen molar-refractivity contribution >= 4 is 5.97 Å². The van der Waals surface area contributed by atoms with Crippen molar-refractivity contribution in [3.63, 3.8) is 0 Å².